The monoisotopic (exact) mass is 244 g/mol. The maximum atomic E-state index is 11.5. The first-order valence-electron chi connectivity index (χ1n) is 6.28. The number of carbonyl (C=O) groups is 1. The number of carbonyl (C=O) groups excluding carboxylic acids is 1. The maximum absolute atomic E-state index is 11.5. The zero-order valence-electron chi connectivity index (χ0n) is 10.7. The highest BCUT2D eigenvalue weighted by Gasteiger charge is 2.35. The van der Waals surface area contributed by atoms with Gasteiger partial charge in [-0.1, -0.05) is 19.8 Å². The molecule has 3 heteroatoms. The maximum Gasteiger partial charge on any atom is 0.307 e. The van der Waals surface area contributed by atoms with E-state index in [9.17, 15) is 4.79 Å². The molecule has 0 heterocycles. The van der Waals surface area contributed by atoms with Crippen LogP contribution in [0.15, 0.2) is 0 Å². The van der Waals surface area contributed by atoms with Gasteiger partial charge in [-0.05, 0) is 38.5 Å². The second-order valence-corrected chi connectivity index (χ2v) is 5.96. The number of esters is 1. The average Bonchev–Trinajstić information content (AvgIpc) is 2.17. The van der Waals surface area contributed by atoms with Crippen LogP contribution in [0.3, 0.4) is 0 Å². The Morgan fingerprint density at radius 2 is 1.88 bits per heavy atom. The molecule has 1 rings (SSSR count). The molecule has 16 heavy (non-hydrogen) atoms. The fourth-order valence-electron chi connectivity index (χ4n) is 2.47. The van der Waals surface area contributed by atoms with Crippen molar-refractivity contribution in [2.75, 3.05) is 5.75 Å². The van der Waals surface area contributed by atoms with Crippen molar-refractivity contribution in [3.63, 3.8) is 0 Å². The number of hydrogen-bond donors (Lipinski definition) is 1. The highest BCUT2D eigenvalue weighted by Crippen LogP contribution is 2.37. The summed E-state index contributed by atoms with van der Waals surface area (Å²) in [7, 11) is 0. The Morgan fingerprint density at radius 1 is 1.31 bits per heavy atom. The van der Waals surface area contributed by atoms with Crippen LogP contribution in [-0.4, -0.2) is 17.3 Å². The van der Waals surface area contributed by atoms with Crippen LogP contribution < -0.4 is 0 Å². The first-order valence-corrected chi connectivity index (χ1v) is 6.91. The Balaban J connectivity index is 2.46. The van der Waals surface area contributed by atoms with Gasteiger partial charge in [-0.2, -0.15) is 12.6 Å². The average molecular weight is 244 g/mol. The van der Waals surface area contributed by atoms with E-state index < -0.39 is 0 Å². The van der Waals surface area contributed by atoms with E-state index in [2.05, 4.69) is 19.6 Å². The third-order valence-corrected chi connectivity index (χ3v) is 3.92. The molecule has 1 aliphatic rings. The summed E-state index contributed by atoms with van der Waals surface area (Å²) in [5.74, 6) is 1.81. The largest absolute Gasteiger partial charge is 0.459 e. The highest BCUT2D eigenvalue weighted by molar-refractivity contribution is 7.80. The Labute approximate surface area is 105 Å². The molecule has 0 aromatic carbocycles. The van der Waals surface area contributed by atoms with Gasteiger partial charge in [-0.25, -0.2) is 0 Å². The summed E-state index contributed by atoms with van der Waals surface area (Å²) < 4.78 is 5.57. The molecule has 0 radical (unpaired) electrons. The lowest BCUT2D eigenvalue weighted by molar-refractivity contribution is -0.162. The summed E-state index contributed by atoms with van der Waals surface area (Å²) in [6, 6.07) is 0. The normalized spacial score (nSPS) is 26.5. The number of ether oxygens (including phenoxy) is 1. The van der Waals surface area contributed by atoms with Gasteiger partial charge in [0.05, 0.1) is 6.42 Å². The molecule has 1 saturated carbocycles. The van der Waals surface area contributed by atoms with E-state index >= 15 is 0 Å². The summed E-state index contributed by atoms with van der Waals surface area (Å²) in [4.78, 5) is 11.5. The lowest BCUT2D eigenvalue weighted by Gasteiger charge is -2.38. The number of rotatable bonds is 4. The molecule has 0 N–H and O–H groups in total. The molecule has 0 amide bonds. The van der Waals surface area contributed by atoms with E-state index in [0.717, 1.165) is 5.92 Å². The summed E-state index contributed by atoms with van der Waals surface area (Å²) in [6.45, 7) is 6.39. The van der Waals surface area contributed by atoms with Crippen LogP contribution in [0.2, 0.25) is 0 Å². The molecule has 0 atom stereocenters. The van der Waals surface area contributed by atoms with Crippen molar-refractivity contribution in [3.8, 4) is 0 Å². The van der Waals surface area contributed by atoms with E-state index in [4.69, 9.17) is 4.74 Å². The topological polar surface area (TPSA) is 26.3 Å². The van der Waals surface area contributed by atoms with Crippen molar-refractivity contribution in [2.45, 2.75) is 58.5 Å². The quantitative estimate of drug-likeness (QED) is 0.605. The van der Waals surface area contributed by atoms with Gasteiger partial charge in [0, 0.05) is 5.75 Å². The van der Waals surface area contributed by atoms with E-state index in [1.807, 2.05) is 13.8 Å². The summed E-state index contributed by atoms with van der Waals surface area (Å²) in [6.07, 6.45) is 5.30. The predicted octanol–water partition coefficient (Wildman–Crippen LogP) is 3.45. The van der Waals surface area contributed by atoms with E-state index in [1.165, 1.54) is 25.7 Å². The molecule has 1 fully saturated rings. The second kappa shape index (κ2) is 5.95. The van der Waals surface area contributed by atoms with Gasteiger partial charge in [0.1, 0.15) is 5.60 Å². The van der Waals surface area contributed by atoms with Gasteiger partial charge in [-0.3, -0.25) is 4.79 Å². The Kier molecular flexibility index (Phi) is 5.16. The van der Waals surface area contributed by atoms with Crippen LogP contribution in [0.25, 0.3) is 0 Å². The number of thiol groups is 1. The van der Waals surface area contributed by atoms with Crippen molar-refractivity contribution in [1.82, 2.24) is 0 Å². The SMILES string of the molecule is CC1CCC(C(C)(C)OC(=O)CCS)CC1. The minimum absolute atomic E-state index is 0.112. The molecular weight excluding hydrogens is 220 g/mol. The molecular formula is C13H24O2S. The summed E-state index contributed by atoms with van der Waals surface area (Å²) in [5.41, 5.74) is -0.305. The van der Waals surface area contributed by atoms with Gasteiger partial charge in [0.15, 0.2) is 0 Å². The van der Waals surface area contributed by atoms with Crippen molar-refractivity contribution < 1.29 is 9.53 Å². The predicted molar refractivity (Wildman–Crippen MR) is 69.8 cm³/mol. The third kappa shape index (κ3) is 4.00. The Bertz CT molecular complexity index is 230. The molecule has 94 valence electrons. The molecule has 2 nitrogen and oxygen atoms in total. The van der Waals surface area contributed by atoms with Crippen LogP contribution in [0.1, 0.15) is 52.9 Å². The molecule has 0 unspecified atom stereocenters. The standard InChI is InChI=1S/C13H24O2S/c1-10-4-6-11(7-5-10)13(2,3)15-12(14)8-9-16/h10-11,16H,4-9H2,1-3H3. The van der Waals surface area contributed by atoms with E-state index in [-0.39, 0.29) is 11.6 Å². The lowest BCUT2D eigenvalue weighted by atomic mass is 9.75. The van der Waals surface area contributed by atoms with E-state index in [0.29, 0.717) is 18.1 Å². The van der Waals surface area contributed by atoms with Crippen molar-refractivity contribution in [1.29, 1.82) is 0 Å². The first-order chi connectivity index (χ1) is 7.45. The van der Waals surface area contributed by atoms with Gasteiger partial charge in [-0.15, -0.1) is 0 Å². The molecule has 0 bridgehead atoms. The molecule has 0 aliphatic heterocycles. The van der Waals surface area contributed by atoms with Gasteiger partial charge < -0.3 is 4.74 Å². The van der Waals surface area contributed by atoms with Gasteiger partial charge in [0.25, 0.3) is 0 Å². The fraction of sp³-hybridized carbons (Fsp3) is 0.923. The van der Waals surface area contributed by atoms with Crippen LogP contribution >= 0.6 is 12.6 Å². The van der Waals surface area contributed by atoms with Gasteiger partial charge in [0.2, 0.25) is 0 Å². The highest BCUT2D eigenvalue weighted by atomic mass is 32.1. The minimum Gasteiger partial charge on any atom is -0.459 e. The van der Waals surface area contributed by atoms with Crippen LogP contribution in [-0.2, 0) is 9.53 Å². The van der Waals surface area contributed by atoms with Crippen LogP contribution in [0, 0.1) is 11.8 Å². The molecule has 0 spiro atoms. The van der Waals surface area contributed by atoms with Crippen molar-refractivity contribution in [2.24, 2.45) is 11.8 Å². The first kappa shape index (κ1) is 13.9. The summed E-state index contributed by atoms with van der Waals surface area (Å²) >= 11 is 4.05. The minimum atomic E-state index is -0.305. The molecule has 0 saturated heterocycles. The lowest BCUT2D eigenvalue weighted by Crippen LogP contribution is -2.38. The Hall–Kier alpha value is -0.180. The summed E-state index contributed by atoms with van der Waals surface area (Å²) in [5, 5.41) is 0. The Morgan fingerprint density at radius 3 is 2.38 bits per heavy atom. The van der Waals surface area contributed by atoms with Crippen LogP contribution in [0.4, 0.5) is 0 Å². The van der Waals surface area contributed by atoms with Crippen molar-refractivity contribution in [3.05, 3.63) is 0 Å². The zero-order chi connectivity index (χ0) is 12.2. The molecule has 0 aromatic heterocycles. The number of hydrogen-bond acceptors (Lipinski definition) is 3. The molecule has 0 aromatic rings. The van der Waals surface area contributed by atoms with Crippen molar-refractivity contribution >= 4 is 18.6 Å². The zero-order valence-corrected chi connectivity index (χ0v) is 11.6. The third-order valence-electron chi connectivity index (χ3n) is 3.69. The van der Waals surface area contributed by atoms with Gasteiger partial charge >= 0.3 is 5.97 Å². The molecule has 1 aliphatic carbocycles. The van der Waals surface area contributed by atoms with Crippen LogP contribution in [0.5, 0.6) is 0 Å². The second-order valence-electron chi connectivity index (χ2n) is 5.51. The fourth-order valence-corrected chi connectivity index (χ4v) is 2.66. The smallest absolute Gasteiger partial charge is 0.307 e. The van der Waals surface area contributed by atoms with E-state index in [1.54, 1.807) is 0 Å².